The van der Waals surface area contributed by atoms with Crippen molar-refractivity contribution in [1.29, 1.82) is 0 Å². The van der Waals surface area contributed by atoms with Crippen LogP contribution in [0.2, 0.25) is 0 Å². The van der Waals surface area contributed by atoms with Gasteiger partial charge in [0.25, 0.3) is 0 Å². The highest BCUT2D eigenvalue weighted by Gasteiger charge is 2.13. The van der Waals surface area contributed by atoms with Crippen LogP contribution in [0, 0.1) is 0 Å². The van der Waals surface area contributed by atoms with Crippen LogP contribution >= 0.6 is 0 Å². The predicted octanol–water partition coefficient (Wildman–Crippen LogP) is 2.12. The van der Waals surface area contributed by atoms with Crippen molar-refractivity contribution in [2.45, 2.75) is 46.5 Å². The molecule has 0 aromatic rings. The minimum atomic E-state index is -0.292. The molecule has 0 aliphatic heterocycles. The summed E-state index contributed by atoms with van der Waals surface area (Å²) in [6.07, 6.45) is -0.292. The maximum Gasteiger partial charge on any atom is 0.188 e. The maximum atomic E-state index is 5.09. The summed E-state index contributed by atoms with van der Waals surface area (Å²) in [4.78, 5) is 9.94. The van der Waals surface area contributed by atoms with Crippen LogP contribution in [0.15, 0.2) is 0 Å². The third-order valence-corrected chi connectivity index (χ3v) is 0.835. The normalized spacial score (nSPS) is 15.0. The summed E-state index contributed by atoms with van der Waals surface area (Å²) in [5, 5.41) is 0. The lowest BCUT2D eigenvalue weighted by molar-refractivity contribution is -0.411. The third kappa shape index (κ3) is 7.78. The van der Waals surface area contributed by atoms with E-state index < -0.39 is 0 Å². The molecule has 0 saturated carbocycles. The van der Waals surface area contributed by atoms with Gasteiger partial charge in [0.05, 0.1) is 5.60 Å². The highest BCUT2D eigenvalue weighted by atomic mass is 17.2. The number of hydrogen-bond donors (Lipinski definition) is 0. The largest absolute Gasteiger partial charge is 0.350 e. The Morgan fingerprint density at radius 3 is 2.18 bits per heavy atom. The van der Waals surface area contributed by atoms with Crippen LogP contribution in [0.4, 0.5) is 0 Å². The highest BCUT2D eigenvalue weighted by Crippen LogP contribution is 2.09. The Kier molecular flexibility index (Phi) is 4.65. The molecule has 0 fully saturated rings. The van der Waals surface area contributed by atoms with Crippen molar-refractivity contribution in [3.05, 3.63) is 0 Å². The molecule has 0 N–H and O–H groups in total. The Morgan fingerprint density at radius 1 is 1.27 bits per heavy atom. The van der Waals surface area contributed by atoms with Gasteiger partial charge in [0.1, 0.15) is 0 Å². The standard InChI is InChI=1S/C8H18O3/c1-6-9-7(2)10-11-8(3,4)5/h7H,6H2,1-5H3. The molecule has 0 aliphatic rings. The molecule has 0 radical (unpaired) electrons. The number of hydrogen-bond acceptors (Lipinski definition) is 3. The van der Waals surface area contributed by atoms with E-state index in [-0.39, 0.29) is 11.9 Å². The predicted molar refractivity (Wildman–Crippen MR) is 43.0 cm³/mol. The Balaban J connectivity index is 3.38. The van der Waals surface area contributed by atoms with Crippen LogP contribution in [0.3, 0.4) is 0 Å². The van der Waals surface area contributed by atoms with E-state index in [0.717, 1.165) is 0 Å². The van der Waals surface area contributed by atoms with Crippen LogP contribution < -0.4 is 0 Å². The van der Waals surface area contributed by atoms with E-state index in [2.05, 4.69) is 0 Å². The molecule has 11 heavy (non-hydrogen) atoms. The average Bonchev–Trinajstić information content (AvgIpc) is 1.83. The summed E-state index contributed by atoms with van der Waals surface area (Å²) in [7, 11) is 0. The Labute approximate surface area is 68.6 Å². The summed E-state index contributed by atoms with van der Waals surface area (Å²) in [5.41, 5.74) is -0.272. The van der Waals surface area contributed by atoms with Gasteiger partial charge in [-0.15, -0.1) is 0 Å². The van der Waals surface area contributed by atoms with Gasteiger partial charge < -0.3 is 4.74 Å². The maximum absolute atomic E-state index is 5.09. The zero-order chi connectivity index (χ0) is 8.91. The van der Waals surface area contributed by atoms with Crippen molar-refractivity contribution in [2.75, 3.05) is 6.61 Å². The summed E-state index contributed by atoms with van der Waals surface area (Å²) in [6.45, 7) is 10.1. The first-order valence-electron chi connectivity index (χ1n) is 3.92. The van der Waals surface area contributed by atoms with E-state index in [1.165, 1.54) is 0 Å². The quantitative estimate of drug-likeness (QED) is 0.360. The molecule has 3 heteroatoms. The van der Waals surface area contributed by atoms with Crippen LogP contribution in [0.5, 0.6) is 0 Å². The van der Waals surface area contributed by atoms with Gasteiger partial charge in [-0.3, -0.25) is 0 Å². The third-order valence-electron chi connectivity index (χ3n) is 0.835. The lowest BCUT2D eigenvalue weighted by Gasteiger charge is -2.20. The van der Waals surface area contributed by atoms with Gasteiger partial charge in [0.2, 0.25) is 0 Å². The van der Waals surface area contributed by atoms with Crippen LogP contribution in [-0.2, 0) is 14.5 Å². The Bertz CT molecular complexity index is 96.0. The fourth-order valence-corrected chi connectivity index (χ4v) is 0.475. The van der Waals surface area contributed by atoms with E-state index >= 15 is 0 Å². The molecule has 68 valence electrons. The van der Waals surface area contributed by atoms with Crippen molar-refractivity contribution in [3.63, 3.8) is 0 Å². The topological polar surface area (TPSA) is 27.7 Å². The lowest BCUT2D eigenvalue weighted by atomic mass is 10.2. The van der Waals surface area contributed by atoms with Gasteiger partial charge in [-0.25, -0.2) is 9.78 Å². The molecule has 0 rings (SSSR count). The molecule has 3 nitrogen and oxygen atoms in total. The summed E-state index contributed by atoms with van der Waals surface area (Å²) in [6, 6.07) is 0. The minimum absolute atomic E-state index is 0.272. The Hall–Kier alpha value is -0.120. The molecule has 0 aromatic heterocycles. The van der Waals surface area contributed by atoms with Gasteiger partial charge in [0, 0.05) is 6.61 Å². The van der Waals surface area contributed by atoms with Crippen LogP contribution in [-0.4, -0.2) is 18.5 Å². The zero-order valence-electron chi connectivity index (χ0n) is 8.01. The second-order valence-electron chi connectivity index (χ2n) is 3.31. The molecule has 0 amide bonds. The van der Waals surface area contributed by atoms with Crippen molar-refractivity contribution in [1.82, 2.24) is 0 Å². The van der Waals surface area contributed by atoms with E-state index in [9.17, 15) is 0 Å². The first kappa shape index (κ1) is 10.9. The van der Waals surface area contributed by atoms with Gasteiger partial charge >= 0.3 is 0 Å². The average molecular weight is 162 g/mol. The molecular formula is C8H18O3. The number of ether oxygens (including phenoxy) is 1. The van der Waals surface area contributed by atoms with Crippen molar-refractivity contribution >= 4 is 0 Å². The SMILES string of the molecule is CCOC(C)OOC(C)(C)C. The van der Waals surface area contributed by atoms with Gasteiger partial charge in [-0.1, -0.05) is 0 Å². The molecule has 0 aliphatic carbocycles. The second-order valence-corrected chi connectivity index (χ2v) is 3.31. The monoisotopic (exact) mass is 162 g/mol. The summed E-state index contributed by atoms with van der Waals surface area (Å²) < 4.78 is 5.09. The van der Waals surface area contributed by atoms with Crippen LogP contribution in [0.25, 0.3) is 0 Å². The zero-order valence-corrected chi connectivity index (χ0v) is 8.01. The molecule has 1 unspecified atom stereocenters. The molecule has 1 atom stereocenters. The van der Waals surface area contributed by atoms with E-state index in [1.807, 2.05) is 27.7 Å². The first-order valence-corrected chi connectivity index (χ1v) is 3.92. The van der Waals surface area contributed by atoms with Gasteiger partial charge in [0.15, 0.2) is 6.29 Å². The molecular weight excluding hydrogens is 144 g/mol. The minimum Gasteiger partial charge on any atom is -0.350 e. The molecule has 0 spiro atoms. The van der Waals surface area contributed by atoms with E-state index in [4.69, 9.17) is 14.5 Å². The van der Waals surface area contributed by atoms with Crippen molar-refractivity contribution in [2.24, 2.45) is 0 Å². The number of rotatable bonds is 4. The van der Waals surface area contributed by atoms with Gasteiger partial charge in [-0.2, -0.15) is 0 Å². The Morgan fingerprint density at radius 2 is 1.82 bits per heavy atom. The second kappa shape index (κ2) is 4.70. The summed E-state index contributed by atoms with van der Waals surface area (Å²) in [5.74, 6) is 0. The lowest BCUT2D eigenvalue weighted by Crippen LogP contribution is -2.24. The molecule has 0 aromatic carbocycles. The van der Waals surface area contributed by atoms with Crippen molar-refractivity contribution in [3.8, 4) is 0 Å². The fourth-order valence-electron chi connectivity index (χ4n) is 0.475. The first-order chi connectivity index (χ1) is 4.95. The molecule has 0 heterocycles. The summed E-state index contributed by atoms with van der Waals surface area (Å²) >= 11 is 0. The smallest absolute Gasteiger partial charge is 0.188 e. The van der Waals surface area contributed by atoms with Crippen molar-refractivity contribution < 1.29 is 14.5 Å². The van der Waals surface area contributed by atoms with E-state index in [0.29, 0.717) is 6.61 Å². The molecule has 0 saturated heterocycles. The van der Waals surface area contributed by atoms with E-state index in [1.54, 1.807) is 6.92 Å². The fraction of sp³-hybridized carbons (Fsp3) is 1.00. The van der Waals surface area contributed by atoms with Crippen LogP contribution in [0.1, 0.15) is 34.6 Å². The highest BCUT2D eigenvalue weighted by molar-refractivity contribution is 4.54. The molecule has 0 bridgehead atoms. The van der Waals surface area contributed by atoms with Gasteiger partial charge in [-0.05, 0) is 34.6 Å².